The number of H-pyrrole nitrogens is 1. The molecule has 170 valence electrons. The van der Waals surface area contributed by atoms with Gasteiger partial charge in [0.25, 0.3) is 0 Å². The number of alkyl halides is 3. The van der Waals surface area contributed by atoms with Crippen LogP contribution >= 0.6 is 0 Å². The molecule has 0 aromatic carbocycles. The Kier molecular flexibility index (Phi) is 5.36. The Bertz CT molecular complexity index is 1460. The van der Waals surface area contributed by atoms with Crippen molar-refractivity contribution in [3.05, 3.63) is 46.8 Å². The lowest BCUT2D eigenvalue weighted by Gasteiger charge is -2.21. The number of hydrogen-bond donors (Lipinski definition) is 2. The molecule has 1 amide bonds. The Morgan fingerprint density at radius 1 is 1.33 bits per heavy atom. The fourth-order valence-corrected chi connectivity index (χ4v) is 3.54. The van der Waals surface area contributed by atoms with E-state index in [0.717, 1.165) is 4.57 Å². The van der Waals surface area contributed by atoms with Crippen LogP contribution in [0, 0.1) is 17.2 Å². The monoisotopic (exact) mass is 458 g/mol. The average molecular weight is 458 g/mol. The molecule has 33 heavy (non-hydrogen) atoms. The van der Waals surface area contributed by atoms with Crippen LogP contribution in [0.4, 0.5) is 13.2 Å². The van der Waals surface area contributed by atoms with Gasteiger partial charge in [-0.3, -0.25) is 9.36 Å². The molecule has 0 saturated carbocycles. The highest BCUT2D eigenvalue weighted by molar-refractivity contribution is 5.84. The lowest BCUT2D eigenvalue weighted by molar-refractivity contribution is -0.141. The molecule has 1 atom stereocenters. The van der Waals surface area contributed by atoms with Crippen molar-refractivity contribution < 1.29 is 18.0 Å². The summed E-state index contributed by atoms with van der Waals surface area (Å²) in [5.41, 5.74) is 0.973. The number of aromatic nitrogens is 6. The molecule has 0 bridgehead atoms. The Morgan fingerprint density at radius 3 is 2.76 bits per heavy atom. The second-order valence-corrected chi connectivity index (χ2v) is 7.67. The van der Waals surface area contributed by atoms with E-state index in [1.54, 1.807) is 32.2 Å². The van der Waals surface area contributed by atoms with Gasteiger partial charge < -0.3 is 10.3 Å². The molecular formula is C20H17F3N8O2. The van der Waals surface area contributed by atoms with E-state index in [9.17, 15) is 28.0 Å². The highest BCUT2D eigenvalue weighted by atomic mass is 19.4. The molecule has 4 heterocycles. The number of pyridine rings is 1. The molecule has 0 aliphatic rings. The average Bonchev–Trinajstić information content (AvgIpc) is 3.31. The van der Waals surface area contributed by atoms with E-state index >= 15 is 0 Å². The number of rotatable bonds is 5. The SMILES string of the molecule is CC(C)[C@@H](C(=O)NCC(F)(F)F)n1c(=O)[nH]c2cnc(-c3cnn4ccc(C#N)cc34)nc21. The summed E-state index contributed by atoms with van der Waals surface area (Å²) in [7, 11) is 0. The van der Waals surface area contributed by atoms with Crippen LogP contribution in [0.3, 0.4) is 0 Å². The number of nitriles is 1. The fourth-order valence-electron chi connectivity index (χ4n) is 3.54. The van der Waals surface area contributed by atoms with E-state index in [1.165, 1.54) is 16.9 Å². The topological polar surface area (TPSA) is 134 Å². The summed E-state index contributed by atoms with van der Waals surface area (Å²) in [6.45, 7) is 1.70. The molecule has 0 saturated heterocycles. The number of halogens is 3. The molecule has 4 aromatic heterocycles. The van der Waals surface area contributed by atoms with E-state index in [1.807, 2.05) is 11.4 Å². The van der Waals surface area contributed by atoms with Crippen molar-refractivity contribution in [2.45, 2.75) is 26.1 Å². The second-order valence-electron chi connectivity index (χ2n) is 7.67. The molecule has 0 aliphatic carbocycles. The Hall–Kier alpha value is -4.21. The molecule has 4 aromatic rings. The third kappa shape index (κ3) is 4.14. The molecule has 10 nitrogen and oxygen atoms in total. The number of imidazole rings is 1. The third-order valence-corrected chi connectivity index (χ3v) is 4.99. The van der Waals surface area contributed by atoms with Gasteiger partial charge in [0.05, 0.1) is 35.1 Å². The summed E-state index contributed by atoms with van der Waals surface area (Å²) in [6, 6.07) is 3.98. The lowest BCUT2D eigenvalue weighted by atomic mass is 10.0. The van der Waals surface area contributed by atoms with E-state index in [4.69, 9.17) is 0 Å². The summed E-state index contributed by atoms with van der Waals surface area (Å²) in [5, 5.41) is 15.2. The van der Waals surface area contributed by atoms with Gasteiger partial charge in [0.2, 0.25) is 5.91 Å². The van der Waals surface area contributed by atoms with Gasteiger partial charge in [-0.2, -0.15) is 23.5 Å². The van der Waals surface area contributed by atoms with Gasteiger partial charge in [0, 0.05) is 6.20 Å². The van der Waals surface area contributed by atoms with Gasteiger partial charge in [-0.05, 0) is 18.1 Å². The number of amides is 1. The number of carbonyl (C=O) groups is 1. The standard InChI is InChI=1S/C20H17F3N8O2/c1-10(2)15(18(32)26-9-20(21,22)23)31-17-13(28-19(31)33)8-25-16(29-17)12-7-27-30-4-3-11(6-24)5-14(12)30/h3-5,7-8,10,15H,9H2,1-2H3,(H,26,32)(H,28,33)/t15-/m0/s1. The molecule has 0 aliphatic heterocycles. The summed E-state index contributed by atoms with van der Waals surface area (Å²) < 4.78 is 40.4. The zero-order valence-corrected chi connectivity index (χ0v) is 17.4. The van der Waals surface area contributed by atoms with Crippen molar-refractivity contribution in [3.8, 4) is 17.5 Å². The summed E-state index contributed by atoms with van der Waals surface area (Å²) in [4.78, 5) is 36.5. The first-order valence-corrected chi connectivity index (χ1v) is 9.78. The van der Waals surface area contributed by atoms with Crippen molar-refractivity contribution in [2.75, 3.05) is 6.54 Å². The Balaban J connectivity index is 1.83. The minimum Gasteiger partial charge on any atom is -0.345 e. The van der Waals surface area contributed by atoms with Crippen molar-refractivity contribution in [3.63, 3.8) is 0 Å². The van der Waals surface area contributed by atoms with Crippen molar-refractivity contribution in [1.29, 1.82) is 5.26 Å². The minimum atomic E-state index is -4.59. The maximum absolute atomic E-state index is 12.7. The molecule has 0 spiro atoms. The van der Waals surface area contributed by atoms with Gasteiger partial charge in [0.15, 0.2) is 11.5 Å². The molecular weight excluding hydrogens is 441 g/mol. The normalized spacial score (nSPS) is 12.9. The van der Waals surface area contributed by atoms with Gasteiger partial charge in [-0.15, -0.1) is 0 Å². The maximum Gasteiger partial charge on any atom is 0.405 e. The quantitative estimate of drug-likeness (QED) is 0.471. The van der Waals surface area contributed by atoms with Crippen LogP contribution in [0.1, 0.15) is 25.5 Å². The van der Waals surface area contributed by atoms with Crippen LogP contribution in [0.2, 0.25) is 0 Å². The number of nitrogens with zero attached hydrogens (tertiary/aromatic N) is 6. The smallest absolute Gasteiger partial charge is 0.345 e. The number of aromatic amines is 1. The number of fused-ring (bicyclic) bond motifs is 2. The molecule has 0 unspecified atom stereocenters. The molecule has 4 rings (SSSR count). The summed E-state index contributed by atoms with van der Waals surface area (Å²) >= 11 is 0. The van der Waals surface area contributed by atoms with E-state index in [-0.39, 0.29) is 17.0 Å². The lowest BCUT2D eigenvalue weighted by Crippen LogP contribution is -2.42. The fraction of sp³-hybridized carbons (Fsp3) is 0.300. The number of carbonyl (C=O) groups excluding carboxylic acids is 1. The van der Waals surface area contributed by atoms with E-state index in [0.29, 0.717) is 16.6 Å². The highest BCUT2D eigenvalue weighted by Gasteiger charge is 2.33. The summed E-state index contributed by atoms with van der Waals surface area (Å²) in [6.07, 6.45) is -0.160. The van der Waals surface area contributed by atoms with Gasteiger partial charge in [-0.1, -0.05) is 13.8 Å². The van der Waals surface area contributed by atoms with Crippen molar-refractivity contribution in [2.24, 2.45) is 5.92 Å². The van der Waals surface area contributed by atoms with Crippen molar-refractivity contribution in [1.82, 2.24) is 34.4 Å². The van der Waals surface area contributed by atoms with Crippen molar-refractivity contribution >= 4 is 22.6 Å². The first kappa shape index (κ1) is 22.0. The molecule has 0 fully saturated rings. The third-order valence-electron chi connectivity index (χ3n) is 4.99. The highest BCUT2D eigenvalue weighted by Crippen LogP contribution is 2.26. The first-order valence-electron chi connectivity index (χ1n) is 9.78. The molecule has 2 N–H and O–H groups in total. The zero-order chi connectivity index (χ0) is 23.9. The van der Waals surface area contributed by atoms with Crippen LogP contribution in [-0.2, 0) is 4.79 Å². The summed E-state index contributed by atoms with van der Waals surface area (Å²) in [5.74, 6) is -1.32. The van der Waals surface area contributed by atoms with Gasteiger partial charge in [-0.25, -0.2) is 19.3 Å². The predicted octanol–water partition coefficient (Wildman–Crippen LogP) is 2.18. The van der Waals surface area contributed by atoms with Crippen LogP contribution < -0.4 is 11.0 Å². The van der Waals surface area contributed by atoms with E-state index in [2.05, 4.69) is 20.1 Å². The number of hydrogen-bond acceptors (Lipinski definition) is 6. The van der Waals surface area contributed by atoms with Crippen LogP contribution in [0.25, 0.3) is 28.1 Å². The molecule has 0 radical (unpaired) electrons. The van der Waals surface area contributed by atoms with E-state index < -0.39 is 36.3 Å². The van der Waals surface area contributed by atoms with Gasteiger partial charge in [0.1, 0.15) is 18.1 Å². The zero-order valence-electron chi connectivity index (χ0n) is 17.4. The van der Waals surface area contributed by atoms with Crippen LogP contribution in [-0.4, -0.2) is 47.8 Å². The largest absolute Gasteiger partial charge is 0.405 e. The second kappa shape index (κ2) is 8.05. The van der Waals surface area contributed by atoms with Crippen LogP contribution in [0.15, 0.2) is 35.5 Å². The minimum absolute atomic E-state index is 0.0571. The number of nitrogens with one attached hydrogen (secondary N) is 2. The Labute approximate surface area is 183 Å². The first-order chi connectivity index (χ1) is 15.6. The Morgan fingerprint density at radius 2 is 2.09 bits per heavy atom. The van der Waals surface area contributed by atoms with Crippen LogP contribution in [0.5, 0.6) is 0 Å². The predicted molar refractivity (Wildman–Crippen MR) is 110 cm³/mol. The maximum atomic E-state index is 12.7. The van der Waals surface area contributed by atoms with Gasteiger partial charge >= 0.3 is 11.9 Å². The molecule has 13 heteroatoms.